The van der Waals surface area contributed by atoms with Gasteiger partial charge in [-0.1, -0.05) is 0 Å². The van der Waals surface area contributed by atoms with E-state index in [4.69, 9.17) is 9.15 Å². The molecule has 0 atom stereocenters. The summed E-state index contributed by atoms with van der Waals surface area (Å²) in [6.07, 6.45) is 3.16. The first-order valence-corrected chi connectivity index (χ1v) is 5.71. The molecule has 1 amide bonds. The molecule has 2 aromatic rings. The fourth-order valence-electron chi connectivity index (χ4n) is 1.98. The second-order valence-electron chi connectivity index (χ2n) is 4.07. The molecule has 3 rings (SSSR count). The normalized spacial score (nSPS) is 13.9. The number of hydrogen-bond donors (Lipinski definition) is 0. The third kappa shape index (κ3) is 1.64. The Morgan fingerprint density at radius 2 is 2.33 bits per heavy atom. The van der Waals surface area contributed by atoms with Crippen molar-refractivity contribution in [3.05, 3.63) is 42.0 Å². The molecular weight excluding hydrogens is 232 g/mol. The number of anilines is 1. The molecular formula is C13H12N2O3. The smallest absolute Gasteiger partial charge is 0.294 e. The number of pyridine rings is 1. The second kappa shape index (κ2) is 4.18. The topological polar surface area (TPSA) is 55.6 Å². The SMILES string of the molecule is Cc1ccoc1C(=O)N1CCOc2ncccc21. The number of amides is 1. The summed E-state index contributed by atoms with van der Waals surface area (Å²) in [5.74, 6) is 0.697. The third-order valence-electron chi connectivity index (χ3n) is 2.90. The fraction of sp³-hybridized carbons (Fsp3) is 0.231. The van der Waals surface area contributed by atoms with Gasteiger partial charge in [0, 0.05) is 11.8 Å². The minimum Gasteiger partial charge on any atom is -0.474 e. The lowest BCUT2D eigenvalue weighted by Gasteiger charge is -2.27. The van der Waals surface area contributed by atoms with Crippen LogP contribution in [0, 0.1) is 6.92 Å². The first-order valence-electron chi connectivity index (χ1n) is 5.71. The molecule has 1 aliphatic rings. The van der Waals surface area contributed by atoms with Crippen LogP contribution in [0.25, 0.3) is 0 Å². The van der Waals surface area contributed by atoms with E-state index in [1.165, 1.54) is 6.26 Å². The third-order valence-corrected chi connectivity index (χ3v) is 2.90. The van der Waals surface area contributed by atoms with E-state index in [0.717, 1.165) is 5.56 Å². The van der Waals surface area contributed by atoms with Crippen LogP contribution in [0.1, 0.15) is 16.1 Å². The molecule has 0 bridgehead atoms. The predicted molar refractivity (Wildman–Crippen MR) is 64.9 cm³/mol. The van der Waals surface area contributed by atoms with Gasteiger partial charge in [-0.25, -0.2) is 4.98 Å². The molecule has 0 fully saturated rings. The number of furan rings is 1. The van der Waals surface area contributed by atoms with Crippen molar-refractivity contribution in [1.82, 2.24) is 4.98 Å². The first-order chi connectivity index (χ1) is 8.77. The molecule has 0 radical (unpaired) electrons. The Bertz CT molecular complexity index is 591. The summed E-state index contributed by atoms with van der Waals surface area (Å²) < 4.78 is 10.7. The van der Waals surface area contributed by atoms with Gasteiger partial charge in [0.1, 0.15) is 12.3 Å². The number of hydrogen-bond acceptors (Lipinski definition) is 4. The van der Waals surface area contributed by atoms with Gasteiger partial charge in [-0.2, -0.15) is 0 Å². The molecule has 3 heterocycles. The average Bonchev–Trinajstić information content (AvgIpc) is 2.83. The highest BCUT2D eigenvalue weighted by Gasteiger charge is 2.27. The molecule has 1 aliphatic heterocycles. The lowest BCUT2D eigenvalue weighted by atomic mass is 10.2. The summed E-state index contributed by atoms with van der Waals surface area (Å²) >= 11 is 0. The largest absolute Gasteiger partial charge is 0.474 e. The van der Waals surface area contributed by atoms with Crippen molar-refractivity contribution < 1.29 is 13.9 Å². The van der Waals surface area contributed by atoms with Crippen molar-refractivity contribution >= 4 is 11.6 Å². The van der Waals surface area contributed by atoms with Crippen LogP contribution >= 0.6 is 0 Å². The molecule has 0 saturated carbocycles. The van der Waals surface area contributed by atoms with Gasteiger partial charge >= 0.3 is 0 Å². The predicted octanol–water partition coefficient (Wildman–Crippen LogP) is 2.02. The van der Waals surface area contributed by atoms with Gasteiger partial charge in [0.15, 0.2) is 5.76 Å². The quantitative estimate of drug-likeness (QED) is 0.770. The van der Waals surface area contributed by atoms with E-state index in [2.05, 4.69) is 4.98 Å². The van der Waals surface area contributed by atoms with Gasteiger partial charge in [-0.3, -0.25) is 9.69 Å². The summed E-state index contributed by atoms with van der Waals surface area (Å²) in [4.78, 5) is 18.1. The molecule has 0 saturated heterocycles. The number of fused-ring (bicyclic) bond motifs is 1. The van der Waals surface area contributed by atoms with E-state index < -0.39 is 0 Å². The zero-order valence-electron chi connectivity index (χ0n) is 9.92. The van der Waals surface area contributed by atoms with Gasteiger partial charge < -0.3 is 9.15 Å². The molecule has 5 nitrogen and oxygen atoms in total. The highest BCUT2D eigenvalue weighted by Crippen LogP contribution is 2.30. The molecule has 18 heavy (non-hydrogen) atoms. The zero-order chi connectivity index (χ0) is 12.5. The first kappa shape index (κ1) is 10.8. The Hall–Kier alpha value is -2.30. The van der Waals surface area contributed by atoms with E-state index in [0.29, 0.717) is 30.5 Å². The lowest BCUT2D eigenvalue weighted by Crippen LogP contribution is -2.38. The maximum atomic E-state index is 12.4. The van der Waals surface area contributed by atoms with Crippen LogP contribution in [0.3, 0.4) is 0 Å². The van der Waals surface area contributed by atoms with Crippen molar-refractivity contribution in [3.63, 3.8) is 0 Å². The zero-order valence-corrected chi connectivity index (χ0v) is 9.92. The van der Waals surface area contributed by atoms with E-state index in [9.17, 15) is 4.79 Å². The molecule has 0 aliphatic carbocycles. The Morgan fingerprint density at radius 3 is 3.11 bits per heavy atom. The number of rotatable bonds is 1. The van der Waals surface area contributed by atoms with Crippen molar-refractivity contribution in [2.45, 2.75) is 6.92 Å². The van der Waals surface area contributed by atoms with E-state index in [-0.39, 0.29) is 5.91 Å². The monoisotopic (exact) mass is 244 g/mol. The van der Waals surface area contributed by atoms with Crippen LogP contribution in [0.15, 0.2) is 35.1 Å². The van der Waals surface area contributed by atoms with E-state index in [1.54, 1.807) is 23.2 Å². The molecule has 0 aromatic carbocycles. The van der Waals surface area contributed by atoms with Crippen LogP contribution in [0.5, 0.6) is 5.88 Å². The minimum atomic E-state index is -0.157. The van der Waals surface area contributed by atoms with Crippen LogP contribution in [-0.4, -0.2) is 24.0 Å². The van der Waals surface area contributed by atoms with Gasteiger partial charge in [-0.05, 0) is 25.1 Å². The van der Waals surface area contributed by atoms with Crippen LogP contribution < -0.4 is 9.64 Å². The maximum Gasteiger partial charge on any atom is 0.294 e. The lowest BCUT2D eigenvalue weighted by molar-refractivity contribution is 0.0948. The number of nitrogens with zero attached hydrogens (tertiary/aromatic N) is 2. The molecule has 92 valence electrons. The Morgan fingerprint density at radius 1 is 1.44 bits per heavy atom. The van der Waals surface area contributed by atoms with Gasteiger partial charge in [0.25, 0.3) is 5.91 Å². The Labute approximate surface area is 104 Å². The molecule has 5 heteroatoms. The van der Waals surface area contributed by atoms with Crippen LogP contribution in [-0.2, 0) is 0 Å². The Kier molecular flexibility index (Phi) is 2.51. The molecule has 0 N–H and O–H groups in total. The van der Waals surface area contributed by atoms with Crippen molar-refractivity contribution in [1.29, 1.82) is 0 Å². The summed E-state index contributed by atoms with van der Waals surface area (Å²) in [6, 6.07) is 5.37. The van der Waals surface area contributed by atoms with Crippen molar-refractivity contribution in [2.75, 3.05) is 18.1 Å². The second-order valence-corrected chi connectivity index (χ2v) is 4.07. The molecule has 2 aromatic heterocycles. The fourth-order valence-corrected chi connectivity index (χ4v) is 1.98. The van der Waals surface area contributed by atoms with Crippen molar-refractivity contribution in [2.24, 2.45) is 0 Å². The highest BCUT2D eigenvalue weighted by molar-refractivity contribution is 6.05. The average molecular weight is 244 g/mol. The van der Waals surface area contributed by atoms with Gasteiger partial charge in [0.05, 0.1) is 12.8 Å². The standard InChI is InChI=1S/C13H12N2O3/c1-9-4-7-17-11(9)13(16)15-6-8-18-12-10(15)3-2-5-14-12/h2-5,7H,6,8H2,1H3. The number of carbonyl (C=O) groups excluding carboxylic acids is 1. The van der Waals surface area contributed by atoms with Crippen LogP contribution in [0.4, 0.5) is 5.69 Å². The Balaban J connectivity index is 2.00. The van der Waals surface area contributed by atoms with Gasteiger partial charge in [-0.15, -0.1) is 0 Å². The minimum absolute atomic E-state index is 0.157. The number of ether oxygens (including phenoxy) is 1. The summed E-state index contributed by atoms with van der Waals surface area (Å²) in [7, 11) is 0. The molecule has 0 spiro atoms. The van der Waals surface area contributed by atoms with Crippen molar-refractivity contribution in [3.8, 4) is 5.88 Å². The van der Waals surface area contributed by atoms with E-state index >= 15 is 0 Å². The highest BCUT2D eigenvalue weighted by atomic mass is 16.5. The maximum absolute atomic E-state index is 12.4. The number of aryl methyl sites for hydroxylation is 1. The summed E-state index contributed by atoms with van der Waals surface area (Å²) in [6.45, 7) is 2.79. The van der Waals surface area contributed by atoms with Crippen LogP contribution in [0.2, 0.25) is 0 Å². The number of carbonyl (C=O) groups is 1. The summed E-state index contributed by atoms with van der Waals surface area (Å²) in [5, 5.41) is 0. The number of aromatic nitrogens is 1. The summed E-state index contributed by atoms with van der Waals surface area (Å²) in [5.41, 5.74) is 1.52. The molecule has 0 unspecified atom stereocenters. The van der Waals surface area contributed by atoms with E-state index in [1.807, 2.05) is 13.0 Å². The van der Waals surface area contributed by atoms with Gasteiger partial charge in [0.2, 0.25) is 5.88 Å².